The van der Waals surface area contributed by atoms with Crippen LogP contribution in [0.2, 0.25) is 0 Å². The minimum absolute atomic E-state index is 0.290. The normalized spacial score (nSPS) is 11.3. The van der Waals surface area contributed by atoms with E-state index in [-0.39, 0.29) is 0 Å². The predicted molar refractivity (Wildman–Crippen MR) is 96.0 cm³/mol. The van der Waals surface area contributed by atoms with Gasteiger partial charge in [0.25, 0.3) is 0 Å². The van der Waals surface area contributed by atoms with Crippen LogP contribution in [0.3, 0.4) is 0 Å². The first kappa shape index (κ1) is 17.7. The topological polar surface area (TPSA) is 49.8 Å². The number of hydrogen-bond donors (Lipinski definition) is 2. The molecule has 0 spiro atoms. The van der Waals surface area contributed by atoms with Gasteiger partial charge in [0.15, 0.2) is 0 Å². The van der Waals surface area contributed by atoms with E-state index >= 15 is 0 Å². The number of rotatable bonds is 4. The van der Waals surface area contributed by atoms with E-state index in [1.807, 2.05) is 32.0 Å². The number of hydrogen-bond acceptors (Lipinski definition) is 4. The summed E-state index contributed by atoms with van der Waals surface area (Å²) in [6.45, 7) is 4.06. The number of benzene rings is 2. The molecule has 1 aromatic heterocycles. The zero-order valence-electron chi connectivity index (χ0n) is 14.2. The molecule has 0 unspecified atom stereocenters. The average molecular weight is 358 g/mol. The van der Waals surface area contributed by atoms with Gasteiger partial charge in [0.1, 0.15) is 5.82 Å². The first-order valence-electron chi connectivity index (χ1n) is 7.93. The minimum atomic E-state index is -4.36. The summed E-state index contributed by atoms with van der Waals surface area (Å²) in [6, 6.07) is 12.4. The van der Waals surface area contributed by atoms with Crippen LogP contribution in [-0.2, 0) is 6.18 Å². The van der Waals surface area contributed by atoms with E-state index in [0.717, 1.165) is 23.4 Å². The Labute approximate surface area is 149 Å². The Morgan fingerprint density at radius 3 is 2.15 bits per heavy atom. The van der Waals surface area contributed by atoms with Crippen LogP contribution in [0.1, 0.15) is 16.7 Å². The number of nitrogens with zero attached hydrogens (tertiary/aromatic N) is 2. The van der Waals surface area contributed by atoms with Gasteiger partial charge in [-0.25, -0.2) is 4.98 Å². The number of alkyl halides is 3. The fraction of sp³-hybridized carbons (Fsp3) is 0.158. The summed E-state index contributed by atoms with van der Waals surface area (Å²) < 4.78 is 37.8. The Bertz CT molecular complexity index is 905. The zero-order valence-corrected chi connectivity index (χ0v) is 14.2. The maximum atomic E-state index is 12.6. The predicted octanol–water partition coefficient (Wildman–Crippen LogP) is 5.60. The maximum absolute atomic E-state index is 12.6. The Balaban J connectivity index is 1.73. The van der Waals surface area contributed by atoms with Crippen molar-refractivity contribution in [2.45, 2.75) is 20.0 Å². The van der Waals surface area contributed by atoms with Gasteiger partial charge in [-0.2, -0.15) is 18.2 Å². The third-order valence-corrected chi connectivity index (χ3v) is 3.90. The van der Waals surface area contributed by atoms with Gasteiger partial charge in [-0.1, -0.05) is 6.07 Å². The molecule has 0 atom stereocenters. The highest BCUT2D eigenvalue weighted by atomic mass is 19.4. The molecule has 0 fully saturated rings. The maximum Gasteiger partial charge on any atom is 0.416 e. The summed E-state index contributed by atoms with van der Waals surface area (Å²) in [5.41, 5.74) is 3.03. The zero-order chi connectivity index (χ0) is 18.7. The van der Waals surface area contributed by atoms with Crippen molar-refractivity contribution in [3.8, 4) is 0 Å². The van der Waals surface area contributed by atoms with Gasteiger partial charge in [-0.3, -0.25) is 0 Å². The molecule has 0 radical (unpaired) electrons. The third-order valence-electron chi connectivity index (χ3n) is 3.90. The van der Waals surface area contributed by atoms with Crippen LogP contribution in [0, 0.1) is 13.8 Å². The molecule has 4 nitrogen and oxygen atoms in total. The summed E-state index contributed by atoms with van der Waals surface area (Å²) in [5.74, 6) is 0.872. The van der Waals surface area contributed by atoms with Crippen LogP contribution in [0.4, 0.5) is 36.3 Å². The molecule has 0 bridgehead atoms. The molecule has 26 heavy (non-hydrogen) atoms. The lowest BCUT2D eigenvalue weighted by Crippen LogP contribution is -2.05. The lowest BCUT2D eigenvalue weighted by molar-refractivity contribution is -0.137. The molecule has 1 heterocycles. The first-order chi connectivity index (χ1) is 12.3. The van der Waals surface area contributed by atoms with Crippen LogP contribution >= 0.6 is 0 Å². The number of aryl methyl sites for hydroxylation is 2. The largest absolute Gasteiger partial charge is 0.416 e. The smallest absolute Gasteiger partial charge is 0.340 e. The molecule has 0 amide bonds. The molecule has 2 N–H and O–H groups in total. The molecular formula is C19H17F3N4. The Morgan fingerprint density at radius 2 is 1.50 bits per heavy atom. The van der Waals surface area contributed by atoms with Crippen molar-refractivity contribution in [1.29, 1.82) is 0 Å². The van der Waals surface area contributed by atoms with Gasteiger partial charge in [-0.15, -0.1) is 0 Å². The molecular weight excluding hydrogens is 341 g/mol. The Kier molecular flexibility index (Phi) is 4.79. The summed E-state index contributed by atoms with van der Waals surface area (Å²) in [5, 5.41) is 6.09. The van der Waals surface area contributed by atoms with Gasteiger partial charge in [0.05, 0.1) is 5.56 Å². The third kappa shape index (κ3) is 4.30. The fourth-order valence-electron chi connectivity index (χ4n) is 2.33. The van der Waals surface area contributed by atoms with E-state index in [9.17, 15) is 13.2 Å². The number of halogens is 3. The van der Waals surface area contributed by atoms with Crippen molar-refractivity contribution in [2.24, 2.45) is 0 Å². The Morgan fingerprint density at radius 1 is 0.808 bits per heavy atom. The highest BCUT2D eigenvalue weighted by Crippen LogP contribution is 2.30. The average Bonchev–Trinajstić information content (AvgIpc) is 2.58. The SMILES string of the molecule is Cc1ccc(Nc2ccnc(Nc3ccc(C(F)(F)F)cc3)n2)cc1C. The van der Waals surface area contributed by atoms with Crippen molar-refractivity contribution >= 4 is 23.1 Å². The highest BCUT2D eigenvalue weighted by molar-refractivity contribution is 5.60. The van der Waals surface area contributed by atoms with Crippen molar-refractivity contribution in [3.05, 3.63) is 71.4 Å². The monoisotopic (exact) mass is 358 g/mol. The van der Waals surface area contributed by atoms with Crippen molar-refractivity contribution < 1.29 is 13.2 Å². The fourth-order valence-corrected chi connectivity index (χ4v) is 2.33. The van der Waals surface area contributed by atoms with Crippen LogP contribution in [-0.4, -0.2) is 9.97 Å². The second-order valence-corrected chi connectivity index (χ2v) is 5.89. The van der Waals surface area contributed by atoms with Gasteiger partial charge in [-0.05, 0) is 67.4 Å². The summed E-state index contributed by atoms with van der Waals surface area (Å²) >= 11 is 0. The molecule has 2 aromatic carbocycles. The molecule has 0 saturated carbocycles. The van der Waals surface area contributed by atoms with E-state index in [2.05, 4.69) is 20.6 Å². The van der Waals surface area contributed by atoms with Gasteiger partial charge in [0, 0.05) is 17.6 Å². The highest BCUT2D eigenvalue weighted by Gasteiger charge is 2.29. The van der Waals surface area contributed by atoms with E-state index in [0.29, 0.717) is 17.5 Å². The van der Waals surface area contributed by atoms with Crippen LogP contribution in [0.15, 0.2) is 54.7 Å². The molecule has 0 aliphatic rings. The molecule has 7 heteroatoms. The standard InChI is InChI=1S/C19H17F3N4/c1-12-3-6-16(11-13(12)2)24-17-9-10-23-18(26-17)25-15-7-4-14(5-8-15)19(20,21)22/h3-11H,1-2H3,(H2,23,24,25,26). The Hall–Kier alpha value is -3.09. The molecule has 0 saturated heterocycles. The number of anilines is 4. The van der Waals surface area contributed by atoms with E-state index < -0.39 is 11.7 Å². The number of aromatic nitrogens is 2. The van der Waals surface area contributed by atoms with Crippen LogP contribution in [0.25, 0.3) is 0 Å². The lowest BCUT2D eigenvalue weighted by Gasteiger charge is -2.11. The second-order valence-electron chi connectivity index (χ2n) is 5.89. The second kappa shape index (κ2) is 7.03. The van der Waals surface area contributed by atoms with Crippen molar-refractivity contribution in [2.75, 3.05) is 10.6 Å². The molecule has 0 aliphatic carbocycles. The molecule has 0 aliphatic heterocycles. The van der Waals surface area contributed by atoms with E-state index in [1.54, 1.807) is 12.3 Å². The van der Waals surface area contributed by atoms with Gasteiger partial charge >= 0.3 is 6.18 Å². The number of nitrogens with one attached hydrogen (secondary N) is 2. The molecule has 3 aromatic rings. The van der Waals surface area contributed by atoms with E-state index in [1.165, 1.54) is 17.7 Å². The molecule has 134 valence electrons. The minimum Gasteiger partial charge on any atom is -0.340 e. The van der Waals surface area contributed by atoms with Crippen molar-refractivity contribution in [3.63, 3.8) is 0 Å². The van der Waals surface area contributed by atoms with Crippen LogP contribution < -0.4 is 10.6 Å². The van der Waals surface area contributed by atoms with Gasteiger partial charge in [0.2, 0.25) is 5.95 Å². The quantitative estimate of drug-likeness (QED) is 0.637. The molecule has 3 rings (SSSR count). The summed E-state index contributed by atoms with van der Waals surface area (Å²) in [4.78, 5) is 8.43. The van der Waals surface area contributed by atoms with Crippen LogP contribution in [0.5, 0.6) is 0 Å². The first-order valence-corrected chi connectivity index (χ1v) is 7.93. The summed E-state index contributed by atoms with van der Waals surface area (Å²) in [6.07, 6.45) is -2.78. The van der Waals surface area contributed by atoms with E-state index in [4.69, 9.17) is 0 Å². The van der Waals surface area contributed by atoms with Crippen molar-refractivity contribution in [1.82, 2.24) is 9.97 Å². The van der Waals surface area contributed by atoms with Gasteiger partial charge < -0.3 is 10.6 Å². The lowest BCUT2D eigenvalue weighted by atomic mass is 10.1. The summed E-state index contributed by atoms with van der Waals surface area (Å²) in [7, 11) is 0.